The maximum Gasteiger partial charge on any atom is 0.238 e. The standard InChI is InChI=1S/C34H47N3O3/c1-29(2)11-13-34(20-37-26(39)9-15-36-37)14-12-33(7)27(22(34)18-29)23(38)16-25-31(5)17-21(19-35)28(40)30(3,4)24(31)8-10-32(25,33)6/h16-17,22,24,27,36H,8-15,18,20H2,1-7H3/t22-,24-,27-,31-,32+,33+,34+/m0/s1. The van der Waals surface area contributed by atoms with Crippen LogP contribution in [-0.4, -0.2) is 35.6 Å². The molecule has 40 heavy (non-hydrogen) atoms. The number of carbonyl (C=O) groups is 3. The average Bonchev–Trinajstić information content (AvgIpc) is 3.27. The highest BCUT2D eigenvalue weighted by Gasteiger charge is 2.70. The Morgan fingerprint density at radius 3 is 2.35 bits per heavy atom. The van der Waals surface area contributed by atoms with Gasteiger partial charge in [-0.1, -0.05) is 60.1 Å². The van der Waals surface area contributed by atoms with Gasteiger partial charge in [-0.25, -0.2) is 5.43 Å². The third-order valence-electron chi connectivity index (χ3n) is 13.5. The van der Waals surface area contributed by atoms with Crippen molar-refractivity contribution in [2.75, 3.05) is 13.1 Å². The number of nitriles is 1. The molecule has 1 saturated heterocycles. The number of hydrogen-bond acceptors (Lipinski definition) is 5. The first kappa shape index (κ1) is 27.9. The maximum absolute atomic E-state index is 14.6. The molecular formula is C34H47N3O3. The molecule has 0 spiro atoms. The van der Waals surface area contributed by atoms with E-state index in [9.17, 15) is 19.6 Å². The van der Waals surface area contributed by atoms with Crippen LogP contribution in [0, 0.1) is 61.6 Å². The van der Waals surface area contributed by atoms with Crippen molar-refractivity contribution >= 4 is 17.5 Å². The number of nitrogens with one attached hydrogen (secondary N) is 1. The summed E-state index contributed by atoms with van der Waals surface area (Å²) in [6.45, 7) is 17.0. The highest BCUT2D eigenvalue weighted by Crippen LogP contribution is 2.74. The van der Waals surface area contributed by atoms with Crippen molar-refractivity contribution in [2.45, 2.75) is 99.8 Å². The molecule has 1 N–H and O–H groups in total. The molecular weight excluding hydrogens is 498 g/mol. The van der Waals surface area contributed by atoms with E-state index in [0.29, 0.717) is 19.5 Å². The van der Waals surface area contributed by atoms with Crippen LogP contribution in [0.4, 0.5) is 0 Å². The summed E-state index contributed by atoms with van der Waals surface area (Å²) in [5, 5.41) is 11.8. The van der Waals surface area contributed by atoms with Crippen LogP contribution in [0.1, 0.15) is 99.8 Å². The summed E-state index contributed by atoms with van der Waals surface area (Å²) in [4.78, 5) is 40.6. The molecule has 0 radical (unpaired) electrons. The largest absolute Gasteiger partial charge is 0.295 e. The topological polar surface area (TPSA) is 90.3 Å². The molecule has 0 bridgehead atoms. The minimum absolute atomic E-state index is 0.0559. The van der Waals surface area contributed by atoms with Crippen molar-refractivity contribution in [2.24, 2.45) is 50.2 Å². The smallest absolute Gasteiger partial charge is 0.238 e. The van der Waals surface area contributed by atoms with Crippen LogP contribution in [0.3, 0.4) is 0 Å². The molecule has 0 aromatic heterocycles. The number of allylic oxidation sites excluding steroid dienone is 4. The number of Topliss-reactive ketones (excluding diaryl/α,β-unsaturated/α-hetero) is 1. The quantitative estimate of drug-likeness (QED) is 0.464. The Labute approximate surface area is 240 Å². The van der Waals surface area contributed by atoms with Gasteiger partial charge in [0.1, 0.15) is 6.07 Å². The molecule has 7 atom stereocenters. The number of hydrogen-bond donors (Lipinski definition) is 1. The molecule has 4 fully saturated rings. The van der Waals surface area contributed by atoms with Crippen molar-refractivity contribution in [3.05, 3.63) is 23.3 Å². The zero-order valence-electron chi connectivity index (χ0n) is 25.6. The number of rotatable bonds is 2. The average molecular weight is 546 g/mol. The van der Waals surface area contributed by atoms with Gasteiger partial charge < -0.3 is 0 Å². The zero-order chi connectivity index (χ0) is 29.1. The maximum atomic E-state index is 14.6. The molecule has 6 rings (SSSR count). The Balaban J connectivity index is 1.48. The number of fused-ring (bicyclic) bond motifs is 7. The fourth-order valence-electron chi connectivity index (χ4n) is 11.0. The minimum Gasteiger partial charge on any atom is -0.295 e. The lowest BCUT2D eigenvalue weighted by Gasteiger charge is -2.69. The van der Waals surface area contributed by atoms with Crippen LogP contribution in [0.25, 0.3) is 0 Å². The van der Waals surface area contributed by atoms with Gasteiger partial charge in [0.2, 0.25) is 5.91 Å². The number of nitrogens with zero attached hydrogens (tertiary/aromatic N) is 2. The zero-order valence-corrected chi connectivity index (χ0v) is 25.6. The summed E-state index contributed by atoms with van der Waals surface area (Å²) in [7, 11) is 0. The van der Waals surface area contributed by atoms with E-state index in [1.807, 2.05) is 31.0 Å². The summed E-state index contributed by atoms with van der Waals surface area (Å²) in [5.74, 6) is 0.518. The molecule has 0 aromatic carbocycles. The van der Waals surface area contributed by atoms with Crippen molar-refractivity contribution in [1.82, 2.24) is 10.4 Å². The number of carbonyl (C=O) groups excluding carboxylic acids is 3. The van der Waals surface area contributed by atoms with E-state index >= 15 is 0 Å². The fraction of sp³-hybridized carbons (Fsp3) is 0.765. The molecule has 1 aliphatic heterocycles. The van der Waals surface area contributed by atoms with Gasteiger partial charge in [0, 0.05) is 36.3 Å². The third kappa shape index (κ3) is 3.45. The summed E-state index contributed by atoms with van der Waals surface area (Å²) in [6, 6.07) is 2.20. The number of amides is 1. The van der Waals surface area contributed by atoms with Crippen LogP contribution in [0.2, 0.25) is 0 Å². The second-order valence-electron chi connectivity index (χ2n) is 16.3. The van der Waals surface area contributed by atoms with Gasteiger partial charge in [-0.15, -0.1) is 0 Å². The van der Waals surface area contributed by atoms with E-state index in [-0.39, 0.29) is 62.5 Å². The number of hydrazine groups is 1. The van der Waals surface area contributed by atoms with E-state index in [0.717, 1.165) is 50.5 Å². The molecule has 5 aliphatic carbocycles. The normalized spacial score (nSPS) is 45.4. The predicted molar refractivity (Wildman–Crippen MR) is 153 cm³/mol. The predicted octanol–water partition coefficient (Wildman–Crippen LogP) is 5.94. The molecule has 6 nitrogen and oxygen atoms in total. The van der Waals surface area contributed by atoms with Crippen LogP contribution >= 0.6 is 0 Å². The highest BCUT2D eigenvalue weighted by atomic mass is 16.2. The first-order valence-electron chi connectivity index (χ1n) is 15.5. The molecule has 6 aliphatic rings. The van der Waals surface area contributed by atoms with Gasteiger partial charge in [0.15, 0.2) is 11.6 Å². The Morgan fingerprint density at radius 2 is 1.70 bits per heavy atom. The lowest BCUT2D eigenvalue weighted by Crippen LogP contribution is -2.66. The van der Waals surface area contributed by atoms with Crippen LogP contribution in [-0.2, 0) is 14.4 Å². The molecule has 0 aromatic rings. The second kappa shape index (κ2) is 8.40. The summed E-state index contributed by atoms with van der Waals surface area (Å²) < 4.78 is 0. The molecule has 3 saturated carbocycles. The van der Waals surface area contributed by atoms with Crippen molar-refractivity contribution < 1.29 is 14.4 Å². The van der Waals surface area contributed by atoms with E-state index in [1.54, 1.807) is 0 Å². The van der Waals surface area contributed by atoms with Gasteiger partial charge in [-0.2, -0.15) is 5.26 Å². The van der Waals surface area contributed by atoms with Gasteiger partial charge in [0.05, 0.1) is 5.57 Å². The second-order valence-corrected chi connectivity index (χ2v) is 16.3. The Kier molecular flexibility index (Phi) is 5.86. The number of ketones is 2. The van der Waals surface area contributed by atoms with E-state index in [2.05, 4.69) is 46.1 Å². The van der Waals surface area contributed by atoms with Gasteiger partial charge in [-0.05, 0) is 84.5 Å². The lowest BCUT2D eigenvalue weighted by atomic mass is 9.34. The molecule has 6 heteroatoms. The molecule has 1 heterocycles. The third-order valence-corrected chi connectivity index (χ3v) is 13.5. The monoisotopic (exact) mass is 545 g/mol. The van der Waals surface area contributed by atoms with Gasteiger partial charge in [0.25, 0.3) is 0 Å². The van der Waals surface area contributed by atoms with Gasteiger partial charge >= 0.3 is 0 Å². The summed E-state index contributed by atoms with van der Waals surface area (Å²) in [5.41, 5.74) is 3.23. The molecule has 1 amide bonds. The van der Waals surface area contributed by atoms with Crippen molar-refractivity contribution in [3.8, 4) is 6.07 Å². The lowest BCUT2D eigenvalue weighted by molar-refractivity contribution is -0.176. The van der Waals surface area contributed by atoms with Crippen LogP contribution in [0.5, 0.6) is 0 Å². The highest BCUT2D eigenvalue weighted by molar-refractivity contribution is 6.04. The Morgan fingerprint density at radius 1 is 1.00 bits per heavy atom. The molecule has 0 unspecified atom stereocenters. The van der Waals surface area contributed by atoms with E-state index < -0.39 is 10.8 Å². The Bertz CT molecular complexity index is 1300. The van der Waals surface area contributed by atoms with E-state index in [4.69, 9.17) is 0 Å². The molecule has 216 valence electrons. The SMILES string of the molecule is CC1(C)CC[C@]2(CN3NCCC3=O)CC[C@]3(C)[C@H](C(=O)C=C4[C@@]5(C)C=C(C#N)C(=O)C(C)(C)[C@@H]5CC[C@]43C)[C@@H]2C1. The Hall–Kier alpha value is -2.26. The van der Waals surface area contributed by atoms with Crippen LogP contribution < -0.4 is 5.43 Å². The summed E-state index contributed by atoms with van der Waals surface area (Å²) in [6.07, 6.45) is 11.4. The van der Waals surface area contributed by atoms with Crippen molar-refractivity contribution in [1.29, 1.82) is 5.26 Å². The van der Waals surface area contributed by atoms with Crippen LogP contribution in [0.15, 0.2) is 23.3 Å². The summed E-state index contributed by atoms with van der Waals surface area (Å²) >= 11 is 0. The first-order chi connectivity index (χ1) is 18.5. The van der Waals surface area contributed by atoms with Crippen molar-refractivity contribution in [3.63, 3.8) is 0 Å². The van der Waals surface area contributed by atoms with Gasteiger partial charge in [-0.3, -0.25) is 19.4 Å². The minimum atomic E-state index is -0.651. The van der Waals surface area contributed by atoms with E-state index in [1.165, 1.54) is 0 Å². The fourth-order valence-corrected chi connectivity index (χ4v) is 11.0. The first-order valence-corrected chi connectivity index (χ1v) is 15.5.